The van der Waals surface area contributed by atoms with Crippen LogP contribution in [0.1, 0.15) is 51.4 Å². The largest absolute Gasteiger partial charge is 0.439 e. The third-order valence-corrected chi connectivity index (χ3v) is 8.18. The number of likely N-dealkylation sites (tertiary alicyclic amines) is 1. The molecular formula is C27H30N2O4. The van der Waals surface area contributed by atoms with Crippen molar-refractivity contribution in [3.8, 4) is 17.4 Å². The normalized spacial score (nSPS) is 32.1. The van der Waals surface area contributed by atoms with E-state index in [-0.39, 0.29) is 17.3 Å². The Hall–Kier alpha value is -2.89. The molecule has 5 fully saturated rings. The number of pyridine rings is 1. The van der Waals surface area contributed by atoms with Crippen LogP contribution in [0.2, 0.25) is 0 Å². The Morgan fingerprint density at radius 3 is 2.21 bits per heavy atom. The van der Waals surface area contributed by atoms with Crippen LogP contribution in [0.25, 0.3) is 0 Å². The minimum atomic E-state index is -0.477. The number of aromatic nitrogens is 1. The van der Waals surface area contributed by atoms with Crippen LogP contribution in [0.3, 0.4) is 0 Å². The van der Waals surface area contributed by atoms with Crippen molar-refractivity contribution in [2.24, 2.45) is 23.2 Å². The van der Waals surface area contributed by atoms with Gasteiger partial charge in [0.1, 0.15) is 17.5 Å². The van der Waals surface area contributed by atoms with Gasteiger partial charge in [-0.25, -0.2) is 9.78 Å². The van der Waals surface area contributed by atoms with E-state index in [4.69, 9.17) is 9.47 Å². The molecular weight excluding hydrogens is 416 g/mol. The van der Waals surface area contributed by atoms with Crippen molar-refractivity contribution in [1.82, 2.24) is 9.88 Å². The Balaban J connectivity index is 1.12. The molecule has 5 aliphatic rings. The second kappa shape index (κ2) is 8.15. The topological polar surface area (TPSA) is 68.7 Å². The van der Waals surface area contributed by atoms with Crippen LogP contribution in [0.4, 0.5) is 0 Å². The Morgan fingerprint density at radius 2 is 1.58 bits per heavy atom. The Kier molecular flexibility index (Phi) is 5.11. The number of amides is 1. The highest BCUT2D eigenvalue weighted by Crippen LogP contribution is 2.60. The highest BCUT2D eigenvalue weighted by Gasteiger charge is 2.57. The predicted octanol–water partition coefficient (Wildman–Crippen LogP) is 4.99. The van der Waals surface area contributed by atoms with E-state index in [2.05, 4.69) is 4.98 Å². The zero-order valence-corrected chi connectivity index (χ0v) is 18.8. The van der Waals surface area contributed by atoms with Gasteiger partial charge in [-0.15, -0.1) is 0 Å². The average molecular weight is 447 g/mol. The van der Waals surface area contributed by atoms with Crippen LogP contribution >= 0.6 is 0 Å². The Morgan fingerprint density at radius 1 is 0.909 bits per heavy atom. The van der Waals surface area contributed by atoms with Gasteiger partial charge in [0.15, 0.2) is 0 Å². The average Bonchev–Trinajstić information content (AvgIpc) is 3.30. The predicted molar refractivity (Wildman–Crippen MR) is 122 cm³/mol. The van der Waals surface area contributed by atoms with Gasteiger partial charge in [-0.1, -0.05) is 6.07 Å². The molecule has 4 saturated carbocycles. The fourth-order valence-corrected chi connectivity index (χ4v) is 7.22. The van der Waals surface area contributed by atoms with E-state index >= 15 is 0 Å². The van der Waals surface area contributed by atoms with Gasteiger partial charge in [0, 0.05) is 18.8 Å². The molecule has 0 spiro atoms. The molecule has 1 unspecified atom stereocenters. The van der Waals surface area contributed by atoms with Crippen LogP contribution < -0.4 is 9.47 Å². The molecule has 2 heterocycles. The standard InChI is InChI=1S/C27H30N2O4/c30-25(33-22-8-6-21(7-9-22)32-24-5-1-2-10-28-24)23-4-3-11-29(23)26(31)27-15-18-12-19(16-27)14-20(13-18)17-27/h1-2,5-10,18-20,23H,3-4,11-17H2. The van der Waals surface area contributed by atoms with Crippen molar-refractivity contribution in [3.05, 3.63) is 48.7 Å². The van der Waals surface area contributed by atoms with Crippen LogP contribution in [0.15, 0.2) is 48.7 Å². The lowest BCUT2D eigenvalue weighted by Crippen LogP contribution is -2.56. The summed E-state index contributed by atoms with van der Waals surface area (Å²) in [5, 5.41) is 0. The highest BCUT2D eigenvalue weighted by atomic mass is 16.5. The number of benzene rings is 1. The van der Waals surface area contributed by atoms with Crippen LogP contribution in [0, 0.1) is 23.2 Å². The van der Waals surface area contributed by atoms with E-state index in [9.17, 15) is 9.59 Å². The third-order valence-electron chi connectivity index (χ3n) is 8.18. The van der Waals surface area contributed by atoms with Crippen molar-refractivity contribution in [1.29, 1.82) is 0 Å². The van der Waals surface area contributed by atoms with Crippen molar-refractivity contribution >= 4 is 11.9 Å². The number of carbonyl (C=O) groups is 2. The summed E-state index contributed by atoms with van der Waals surface area (Å²) >= 11 is 0. The number of rotatable bonds is 5. The van der Waals surface area contributed by atoms with Gasteiger partial charge in [0.05, 0.1) is 5.41 Å². The molecule has 1 atom stereocenters. The molecule has 4 bridgehead atoms. The van der Waals surface area contributed by atoms with Crippen LogP contribution in [0.5, 0.6) is 17.4 Å². The van der Waals surface area contributed by atoms with Gasteiger partial charge in [-0.3, -0.25) is 4.79 Å². The summed E-state index contributed by atoms with van der Waals surface area (Å²) in [6.45, 7) is 0.664. The number of carbonyl (C=O) groups excluding carboxylic acids is 2. The maximum atomic E-state index is 13.8. The molecule has 33 heavy (non-hydrogen) atoms. The quantitative estimate of drug-likeness (QED) is 0.478. The molecule has 1 aromatic heterocycles. The van der Waals surface area contributed by atoms with Gasteiger partial charge < -0.3 is 14.4 Å². The first-order chi connectivity index (χ1) is 16.1. The smallest absolute Gasteiger partial charge is 0.334 e. The first kappa shape index (κ1) is 20.7. The minimum Gasteiger partial charge on any atom is -0.439 e. The van der Waals surface area contributed by atoms with Crippen LogP contribution in [-0.4, -0.2) is 34.3 Å². The van der Waals surface area contributed by atoms with Gasteiger partial charge in [-0.2, -0.15) is 0 Å². The summed E-state index contributed by atoms with van der Waals surface area (Å²) in [6.07, 6.45) is 10.2. The van der Waals surface area contributed by atoms with Crippen molar-refractivity contribution in [2.45, 2.75) is 57.4 Å². The zero-order valence-electron chi connectivity index (χ0n) is 18.8. The fourth-order valence-electron chi connectivity index (χ4n) is 7.22. The summed E-state index contributed by atoms with van der Waals surface area (Å²) in [6, 6.07) is 11.9. The molecule has 1 saturated heterocycles. The van der Waals surface area contributed by atoms with Crippen LogP contribution in [-0.2, 0) is 9.59 Å². The molecule has 1 aliphatic heterocycles. The van der Waals surface area contributed by atoms with E-state index in [1.54, 1.807) is 36.5 Å². The SMILES string of the molecule is O=C(Oc1ccc(Oc2ccccn2)cc1)C1CCCN1C(=O)C12CC3CC(CC(C3)C1)C2. The van der Waals surface area contributed by atoms with Crippen molar-refractivity contribution in [3.63, 3.8) is 0 Å². The number of hydrogen-bond acceptors (Lipinski definition) is 5. The number of esters is 1. The van der Waals surface area contributed by atoms with Gasteiger partial charge in [0.2, 0.25) is 11.8 Å². The second-order valence-corrected chi connectivity index (χ2v) is 10.5. The summed E-state index contributed by atoms with van der Waals surface area (Å²) in [5.74, 6) is 3.60. The number of nitrogens with zero attached hydrogens (tertiary/aromatic N) is 2. The van der Waals surface area contributed by atoms with E-state index in [1.165, 1.54) is 19.3 Å². The van der Waals surface area contributed by atoms with Gasteiger partial charge >= 0.3 is 5.97 Å². The monoisotopic (exact) mass is 446 g/mol. The van der Waals surface area contributed by atoms with Crippen molar-refractivity contribution < 1.29 is 19.1 Å². The van der Waals surface area contributed by atoms with E-state index in [0.717, 1.165) is 25.7 Å². The summed E-state index contributed by atoms with van der Waals surface area (Å²) in [7, 11) is 0. The van der Waals surface area contributed by atoms with E-state index in [1.807, 2.05) is 17.0 Å². The first-order valence-electron chi connectivity index (χ1n) is 12.3. The Labute approximate surface area is 194 Å². The lowest BCUT2D eigenvalue weighted by Gasteiger charge is -2.56. The molecule has 7 rings (SSSR count). The molecule has 6 nitrogen and oxygen atoms in total. The lowest BCUT2D eigenvalue weighted by atomic mass is 9.49. The maximum Gasteiger partial charge on any atom is 0.334 e. The lowest BCUT2D eigenvalue weighted by molar-refractivity contribution is -0.162. The molecule has 172 valence electrons. The van der Waals surface area contributed by atoms with Gasteiger partial charge in [-0.05, 0) is 99.5 Å². The van der Waals surface area contributed by atoms with E-state index in [0.29, 0.717) is 48.1 Å². The number of ether oxygens (including phenoxy) is 2. The van der Waals surface area contributed by atoms with Crippen molar-refractivity contribution in [2.75, 3.05) is 6.54 Å². The third kappa shape index (κ3) is 3.90. The molecule has 0 radical (unpaired) electrons. The maximum absolute atomic E-state index is 13.8. The molecule has 1 amide bonds. The first-order valence-corrected chi connectivity index (χ1v) is 12.3. The zero-order chi connectivity index (χ0) is 22.4. The number of hydrogen-bond donors (Lipinski definition) is 0. The molecule has 2 aromatic rings. The molecule has 6 heteroatoms. The van der Waals surface area contributed by atoms with E-state index < -0.39 is 6.04 Å². The molecule has 4 aliphatic carbocycles. The molecule has 0 N–H and O–H groups in total. The minimum absolute atomic E-state index is 0.220. The summed E-state index contributed by atoms with van der Waals surface area (Å²) < 4.78 is 11.4. The summed E-state index contributed by atoms with van der Waals surface area (Å²) in [4.78, 5) is 32.9. The highest BCUT2D eigenvalue weighted by molar-refractivity contribution is 5.89. The van der Waals surface area contributed by atoms with Gasteiger partial charge in [0.25, 0.3) is 0 Å². The summed E-state index contributed by atoms with van der Waals surface area (Å²) in [5.41, 5.74) is -0.220. The fraction of sp³-hybridized carbons (Fsp3) is 0.519. The molecule has 1 aromatic carbocycles. The Bertz CT molecular complexity index is 1000. The second-order valence-electron chi connectivity index (χ2n) is 10.5.